The van der Waals surface area contributed by atoms with Crippen molar-refractivity contribution in [2.24, 2.45) is 5.92 Å². The van der Waals surface area contributed by atoms with Crippen LogP contribution in [0.25, 0.3) is 0 Å². The Hall–Kier alpha value is -1.63. The van der Waals surface area contributed by atoms with E-state index in [9.17, 15) is 9.59 Å². The Labute approximate surface area is 154 Å². The van der Waals surface area contributed by atoms with Crippen LogP contribution in [0.3, 0.4) is 0 Å². The number of nitrogens with zero attached hydrogens (tertiary/aromatic N) is 1. The van der Waals surface area contributed by atoms with E-state index in [1.807, 2.05) is 30.3 Å². The molecular weight excluding hydrogens is 342 g/mol. The number of ether oxygens (including phenoxy) is 1. The predicted octanol–water partition coefficient (Wildman–Crippen LogP) is 0.952. The van der Waals surface area contributed by atoms with Crippen molar-refractivity contribution in [3.05, 3.63) is 35.9 Å². The second-order valence-electron chi connectivity index (χ2n) is 6.48. The van der Waals surface area contributed by atoms with Gasteiger partial charge in [0, 0.05) is 13.1 Å². The van der Waals surface area contributed by atoms with Gasteiger partial charge >= 0.3 is 0 Å². The molecule has 3 rings (SSSR count). The van der Waals surface area contributed by atoms with E-state index in [4.69, 9.17) is 4.74 Å². The molecule has 1 aromatic carbocycles. The molecule has 0 spiro atoms. The highest BCUT2D eigenvalue weighted by atomic mass is 35.5. The maximum Gasteiger partial charge on any atom is 0.249 e. The fraction of sp³-hybridized carbons (Fsp3) is 0.556. The lowest BCUT2D eigenvalue weighted by Gasteiger charge is -2.34. The lowest BCUT2D eigenvalue weighted by molar-refractivity contribution is -0.155. The first kappa shape index (κ1) is 19.7. The number of morpholine rings is 1. The predicted molar refractivity (Wildman–Crippen MR) is 97.5 cm³/mol. The lowest BCUT2D eigenvalue weighted by Crippen LogP contribution is -2.56. The monoisotopic (exact) mass is 367 g/mol. The van der Waals surface area contributed by atoms with Gasteiger partial charge in [0.1, 0.15) is 12.6 Å². The Morgan fingerprint density at radius 1 is 1.32 bits per heavy atom. The van der Waals surface area contributed by atoms with E-state index in [0.29, 0.717) is 19.0 Å². The molecule has 0 bridgehead atoms. The SMILES string of the molecule is Cl.O=C(NCCC1CCNC1)[C@H]1COCC(=O)N1Cc1ccccc1. The molecule has 2 aliphatic rings. The standard InChI is InChI=1S/C18H25N3O3.ClH/c22-17-13-24-12-16(21(17)11-15-4-2-1-3-5-15)18(23)20-9-7-14-6-8-19-10-14;/h1-5,14,16,19H,6-13H2,(H,20,23);1H/t14?,16-;/m1./s1. The summed E-state index contributed by atoms with van der Waals surface area (Å²) in [6.07, 6.45) is 2.14. The molecule has 7 heteroatoms. The molecule has 2 fully saturated rings. The van der Waals surface area contributed by atoms with E-state index >= 15 is 0 Å². The fourth-order valence-electron chi connectivity index (χ4n) is 3.28. The van der Waals surface area contributed by atoms with Crippen LogP contribution in [0.5, 0.6) is 0 Å². The molecule has 138 valence electrons. The van der Waals surface area contributed by atoms with Gasteiger partial charge in [0.2, 0.25) is 11.8 Å². The number of amides is 2. The molecule has 0 saturated carbocycles. The van der Waals surface area contributed by atoms with Gasteiger partial charge in [0.15, 0.2) is 0 Å². The molecule has 6 nitrogen and oxygen atoms in total. The van der Waals surface area contributed by atoms with Crippen molar-refractivity contribution >= 4 is 24.2 Å². The molecule has 0 aliphatic carbocycles. The molecule has 0 radical (unpaired) electrons. The van der Waals surface area contributed by atoms with Gasteiger partial charge in [-0.05, 0) is 37.4 Å². The van der Waals surface area contributed by atoms with E-state index in [1.165, 1.54) is 6.42 Å². The van der Waals surface area contributed by atoms with Crippen LogP contribution in [0.2, 0.25) is 0 Å². The van der Waals surface area contributed by atoms with Gasteiger partial charge < -0.3 is 20.3 Å². The van der Waals surface area contributed by atoms with Crippen LogP contribution in [-0.2, 0) is 20.9 Å². The summed E-state index contributed by atoms with van der Waals surface area (Å²) in [5, 5.41) is 6.30. The molecule has 2 heterocycles. The molecule has 2 N–H and O–H groups in total. The minimum Gasteiger partial charge on any atom is -0.369 e. The molecule has 1 aromatic rings. The molecular formula is C18H26ClN3O3. The Morgan fingerprint density at radius 2 is 2.12 bits per heavy atom. The van der Waals surface area contributed by atoms with Crippen LogP contribution in [0.15, 0.2) is 30.3 Å². The first-order chi connectivity index (χ1) is 11.7. The van der Waals surface area contributed by atoms with Gasteiger partial charge in [-0.25, -0.2) is 0 Å². The third-order valence-electron chi connectivity index (χ3n) is 4.71. The first-order valence-corrected chi connectivity index (χ1v) is 8.63. The fourth-order valence-corrected chi connectivity index (χ4v) is 3.28. The summed E-state index contributed by atoms with van der Waals surface area (Å²) in [5.74, 6) is 0.380. The Morgan fingerprint density at radius 3 is 2.84 bits per heavy atom. The van der Waals surface area contributed by atoms with Crippen LogP contribution < -0.4 is 10.6 Å². The van der Waals surface area contributed by atoms with Crippen LogP contribution in [0, 0.1) is 5.92 Å². The van der Waals surface area contributed by atoms with Crippen molar-refractivity contribution in [2.45, 2.75) is 25.4 Å². The minimum atomic E-state index is -0.548. The molecule has 2 aliphatic heterocycles. The van der Waals surface area contributed by atoms with Gasteiger partial charge in [-0.3, -0.25) is 9.59 Å². The van der Waals surface area contributed by atoms with E-state index in [-0.39, 0.29) is 37.4 Å². The van der Waals surface area contributed by atoms with Crippen molar-refractivity contribution in [1.29, 1.82) is 0 Å². The average Bonchev–Trinajstić information content (AvgIpc) is 3.11. The van der Waals surface area contributed by atoms with Gasteiger partial charge in [-0.15, -0.1) is 12.4 Å². The summed E-state index contributed by atoms with van der Waals surface area (Å²) in [7, 11) is 0. The lowest BCUT2D eigenvalue weighted by atomic mass is 10.1. The highest BCUT2D eigenvalue weighted by Gasteiger charge is 2.33. The maximum absolute atomic E-state index is 12.5. The summed E-state index contributed by atoms with van der Waals surface area (Å²) >= 11 is 0. The Kier molecular flexibility index (Phi) is 7.68. The van der Waals surface area contributed by atoms with Crippen LogP contribution in [-0.4, -0.2) is 55.6 Å². The number of benzene rings is 1. The zero-order chi connectivity index (χ0) is 16.8. The topological polar surface area (TPSA) is 70.7 Å². The normalized spacial score (nSPS) is 23.2. The van der Waals surface area contributed by atoms with Crippen molar-refractivity contribution in [3.8, 4) is 0 Å². The van der Waals surface area contributed by atoms with E-state index in [1.54, 1.807) is 4.90 Å². The second kappa shape index (κ2) is 9.75. The van der Waals surface area contributed by atoms with E-state index in [0.717, 1.165) is 25.1 Å². The number of carbonyl (C=O) groups excluding carboxylic acids is 2. The number of hydrogen-bond acceptors (Lipinski definition) is 4. The van der Waals surface area contributed by atoms with Gasteiger partial charge in [-0.1, -0.05) is 30.3 Å². The van der Waals surface area contributed by atoms with Crippen molar-refractivity contribution in [3.63, 3.8) is 0 Å². The summed E-state index contributed by atoms with van der Waals surface area (Å²) in [5.41, 5.74) is 1.02. The first-order valence-electron chi connectivity index (χ1n) is 8.63. The molecule has 2 amide bonds. The van der Waals surface area contributed by atoms with E-state index < -0.39 is 6.04 Å². The molecule has 0 aromatic heterocycles. The molecule has 2 saturated heterocycles. The second-order valence-corrected chi connectivity index (χ2v) is 6.48. The van der Waals surface area contributed by atoms with E-state index in [2.05, 4.69) is 10.6 Å². The zero-order valence-electron chi connectivity index (χ0n) is 14.3. The highest BCUT2D eigenvalue weighted by molar-refractivity contribution is 5.89. The molecule has 25 heavy (non-hydrogen) atoms. The number of hydrogen-bond donors (Lipinski definition) is 2. The highest BCUT2D eigenvalue weighted by Crippen LogP contribution is 2.15. The third-order valence-corrected chi connectivity index (χ3v) is 4.71. The van der Waals surface area contributed by atoms with Gasteiger partial charge in [0.25, 0.3) is 0 Å². The van der Waals surface area contributed by atoms with Crippen molar-refractivity contribution < 1.29 is 14.3 Å². The molecule has 1 unspecified atom stereocenters. The Bertz CT molecular complexity index is 564. The zero-order valence-corrected chi connectivity index (χ0v) is 15.1. The summed E-state index contributed by atoms with van der Waals surface area (Å²) in [6.45, 7) is 3.48. The smallest absolute Gasteiger partial charge is 0.249 e. The van der Waals surface area contributed by atoms with Gasteiger partial charge in [0.05, 0.1) is 6.61 Å². The van der Waals surface area contributed by atoms with Crippen LogP contribution in [0.4, 0.5) is 0 Å². The Balaban J connectivity index is 0.00000225. The molecule has 2 atom stereocenters. The van der Waals surface area contributed by atoms with Crippen LogP contribution >= 0.6 is 12.4 Å². The number of rotatable bonds is 6. The summed E-state index contributed by atoms with van der Waals surface area (Å²) in [4.78, 5) is 26.4. The number of carbonyl (C=O) groups is 2. The largest absolute Gasteiger partial charge is 0.369 e. The minimum absolute atomic E-state index is 0. The van der Waals surface area contributed by atoms with Crippen molar-refractivity contribution in [1.82, 2.24) is 15.5 Å². The summed E-state index contributed by atoms with van der Waals surface area (Å²) in [6, 6.07) is 9.19. The average molecular weight is 368 g/mol. The maximum atomic E-state index is 12.5. The third kappa shape index (κ3) is 5.42. The van der Waals surface area contributed by atoms with Crippen molar-refractivity contribution in [2.75, 3.05) is 32.8 Å². The van der Waals surface area contributed by atoms with Gasteiger partial charge in [-0.2, -0.15) is 0 Å². The summed E-state index contributed by atoms with van der Waals surface area (Å²) < 4.78 is 5.30. The van der Waals surface area contributed by atoms with Crippen LogP contribution in [0.1, 0.15) is 18.4 Å². The number of halogens is 1. The quantitative estimate of drug-likeness (QED) is 0.785. The number of nitrogens with one attached hydrogen (secondary N) is 2.